The van der Waals surface area contributed by atoms with Gasteiger partial charge in [0.2, 0.25) is 0 Å². The second kappa shape index (κ2) is 11.6. The van der Waals surface area contributed by atoms with Gasteiger partial charge in [-0.3, -0.25) is 0 Å². The van der Waals surface area contributed by atoms with Gasteiger partial charge >= 0.3 is 5.97 Å². The lowest BCUT2D eigenvalue weighted by Crippen LogP contribution is -2.18. The van der Waals surface area contributed by atoms with Crippen LogP contribution < -0.4 is 9.47 Å². The summed E-state index contributed by atoms with van der Waals surface area (Å²) in [6.45, 7) is 10.1. The quantitative estimate of drug-likeness (QED) is 0.169. The van der Waals surface area contributed by atoms with Crippen LogP contribution in [0.25, 0.3) is 22.3 Å². The van der Waals surface area contributed by atoms with Gasteiger partial charge in [0.25, 0.3) is 0 Å². The number of rotatable bonds is 12. The molecule has 33 heavy (non-hydrogen) atoms. The molecule has 0 saturated carbocycles. The Balaban J connectivity index is 1.68. The molecule has 1 aromatic heterocycles. The van der Waals surface area contributed by atoms with Gasteiger partial charge in [-0.25, -0.2) is 4.79 Å². The molecule has 1 heterocycles. The molecule has 0 bridgehead atoms. The number of hydrogen-bond acceptors (Lipinski definition) is 5. The number of esters is 1. The van der Waals surface area contributed by atoms with Crippen molar-refractivity contribution in [2.45, 2.75) is 46.5 Å². The Hall–Kier alpha value is -3.21. The zero-order chi connectivity index (χ0) is 23.8. The maximum Gasteiger partial charge on any atom is 0.333 e. The highest BCUT2D eigenvalue weighted by Crippen LogP contribution is 2.36. The fraction of sp³-hybridized carbons (Fsp3) is 0.393. The fourth-order valence-corrected chi connectivity index (χ4v) is 3.54. The minimum atomic E-state index is -0.379. The zero-order valence-electron chi connectivity index (χ0n) is 20.1. The van der Waals surface area contributed by atoms with Gasteiger partial charge in [0.15, 0.2) is 0 Å². The number of carbonyl (C=O) groups excluding carboxylic acids is 1. The Morgan fingerprint density at radius 3 is 2.64 bits per heavy atom. The first-order chi connectivity index (χ1) is 15.9. The molecular formula is C28H34O5. The predicted molar refractivity (Wildman–Crippen MR) is 132 cm³/mol. The van der Waals surface area contributed by atoms with Crippen molar-refractivity contribution < 1.29 is 23.4 Å². The molecule has 0 amide bonds. The van der Waals surface area contributed by atoms with Crippen molar-refractivity contribution in [3.05, 3.63) is 60.2 Å². The second-order valence-corrected chi connectivity index (χ2v) is 8.60. The highest BCUT2D eigenvalue weighted by molar-refractivity contribution is 5.87. The summed E-state index contributed by atoms with van der Waals surface area (Å²) >= 11 is 0. The number of hydrogen-bond donors (Lipinski definition) is 0. The van der Waals surface area contributed by atoms with E-state index in [0.29, 0.717) is 17.9 Å². The maximum atomic E-state index is 11.5. The molecule has 1 atom stereocenters. The van der Waals surface area contributed by atoms with Crippen LogP contribution in [0.1, 0.15) is 45.6 Å². The number of fused-ring (bicyclic) bond motifs is 1. The molecule has 2 aromatic carbocycles. The molecule has 0 aliphatic heterocycles. The lowest BCUT2D eigenvalue weighted by Gasteiger charge is -2.13. The average molecular weight is 451 g/mol. The number of aryl methyl sites for hydroxylation is 1. The molecule has 0 radical (unpaired) electrons. The van der Waals surface area contributed by atoms with Crippen LogP contribution in [0.4, 0.5) is 0 Å². The van der Waals surface area contributed by atoms with Crippen LogP contribution in [0.3, 0.4) is 0 Å². The van der Waals surface area contributed by atoms with Gasteiger partial charge in [-0.2, -0.15) is 0 Å². The number of ether oxygens (including phenoxy) is 3. The summed E-state index contributed by atoms with van der Waals surface area (Å²) in [4.78, 5) is 11.5. The topological polar surface area (TPSA) is 57.9 Å². The molecular weight excluding hydrogens is 416 g/mol. The van der Waals surface area contributed by atoms with E-state index in [1.165, 1.54) is 24.8 Å². The van der Waals surface area contributed by atoms with E-state index in [2.05, 4.69) is 31.7 Å². The minimum Gasteiger partial charge on any atom is -0.496 e. The van der Waals surface area contributed by atoms with Crippen LogP contribution in [0, 0.1) is 5.92 Å². The van der Waals surface area contributed by atoms with Crippen molar-refractivity contribution in [1.29, 1.82) is 0 Å². The van der Waals surface area contributed by atoms with Crippen molar-refractivity contribution in [3.8, 4) is 22.8 Å². The van der Waals surface area contributed by atoms with Gasteiger partial charge in [0.05, 0.1) is 25.9 Å². The van der Waals surface area contributed by atoms with Crippen molar-refractivity contribution in [1.82, 2.24) is 0 Å². The Morgan fingerprint density at radius 1 is 1.09 bits per heavy atom. The molecule has 0 fully saturated rings. The van der Waals surface area contributed by atoms with Gasteiger partial charge in [0.1, 0.15) is 22.8 Å². The van der Waals surface area contributed by atoms with Crippen molar-refractivity contribution in [2.24, 2.45) is 5.92 Å². The molecule has 1 unspecified atom stereocenters. The van der Waals surface area contributed by atoms with Gasteiger partial charge < -0.3 is 18.6 Å². The lowest BCUT2D eigenvalue weighted by molar-refractivity contribution is -0.140. The van der Waals surface area contributed by atoms with E-state index in [-0.39, 0.29) is 18.5 Å². The Kier molecular flexibility index (Phi) is 8.58. The summed E-state index contributed by atoms with van der Waals surface area (Å²) in [5.41, 5.74) is 3.35. The maximum absolute atomic E-state index is 11.5. The van der Waals surface area contributed by atoms with Crippen LogP contribution in [-0.2, 0) is 16.0 Å². The molecule has 176 valence electrons. The van der Waals surface area contributed by atoms with Crippen LogP contribution in [0.15, 0.2) is 59.0 Å². The standard InChI is InChI=1S/C28H34O5/c1-6-7-8-9-21-10-13-24(26(14-21)30-5)27-15-22-11-12-23(16-25(22)33-27)31-17-20(4)18-32-28(29)19(2)3/h10-16,20H,2,6-9,17-18H2,1,3-5H3. The Bertz CT molecular complexity index is 1090. The summed E-state index contributed by atoms with van der Waals surface area (Å²) in [7, 11) is 1.69. The fourth-order valence-electron chi connectivity index (χ4n) is 3.54. The van der Waals surface area contributed by atoms with E-state index in [9.17, 15) is 4.79 Å². The molecule has 0 aliphatic carbocycles. The third-order valence-electron chi connectivity index (χ3n) is 5.47. The zero-order valence-corrected chi connectivity index (χ0v) is 20.1. The van der Waals surface area contributed by atoms with Gasteiger partial charge in [-0.1, -0.05) is 39.3 Å². The normalized spacial score (nSPS) is 11.9. The Morgan fingerprint density at radius 2 is 1.91 bits per heavy atom. The summed E-state index contributed by atoms with van der Waals surface area (Å²) < 4.78 is 22.9. The summed E-state index contributed by atoms with van der Waals surface area (Å²) in [6.07, 6.45) is 4.68. The summed E-state index contributed by atoms with van der Waals surface area (Å²) in [5, 5.41) is 0.995. The van der Waals surface area contributed by atoms with Crippen molar-refractivity contribution >= 4 is 16.9 Å². The van der Waals surface area contributed by atoms with Crippen LogP contribution in [-0.4, -0.2) is 26.3 Å². The van der Waals surface area contributed by atoms with Crippen molar-refractivity contribution in [2.75, 3.05) is 20.3 Å². The molecule has 0 spiro atoms. The van der Waals surface area contributed by atoms with E-state index in [1.807, 2.05) is 31.2 Å². The molecule has 3 aromatic rings. The van der Waals surface area contributed by atoms with E-state index in [1.54, 1.807) is 14.0 Å². The number of benzene rings is 2. The number of furan rings is 1. The van der Waals surface area contributed by atoms with Gasteiger partial charge in [-0.05, 0) is 55.7 Å². The van der Waals surface area contributed by atoms with Gasteiger partial charge in [0, 0.05) is 22.9 Å². The molecule has 0 aliphatic rings. The lowest BCUT2D eigenvalue weighted by atomic mass is 10.0. The second-order valence-electron chi connectivity index (χ2n) is 8.60. The number of unbranched alkanes of at least 4 members (excludes halogenated alkanes) is 2. The molecule has 5 heteroatoms. The highest BCUT2D eigenvalue weighted by atomic mass is 16.5. The van der Waals surface area contributed by atoms with Crippen LogP contribution in [0.2, 0.25) is 0 Å². The first-order valence-electron chi connectivity index (χ1n) is 11.6. The van der Waals surface area contributed by atoms with Crippen molar-refractivity contribution in [3.63, 3.8) is 0 Å². The monoisotopic (exact) mass is 450 g/mol. The minimum absolute atomic E-state index is 0.0521. The van der Waals surface area contributed by atoms with Gasteiger partial charge in [-0.15, -0.1) is 0 Å². The third-order valence-corrected chi connectivity index (χ3v) is 5.47. The van der Waals surface area contributed by atoms with E-state index >= 15 is 0 Å². The van der Waals surface area contributed by atoms with E-state index in [4.69, 9.17) is 18.6 Å². The average Bonchev–Trinajstić information content (AvgIpc) is 3.24. The molecule has 0 N–H and O–H groups in total. The number of methoxy groups -OCH3 is 1. The largest absolute Gasteiger partial charge is 0.496 e. The smallest absolute Gasteiger partial charge is 0.333 e. The van der Waals surface area contributed by atoms with Crippen LogP contribution in [0.5, 0.6) is 11.5 Å². The summed E-state index contributed by atoms with van der Waals surface area (Å²) in [5.74, 6) is 1.96. The SMILES string of the molecule is C=C(C)C(=O)OCC(C)COc1ccc2cc(-c3ccc(CCCCC)cc3OC)oc2c1. The molecule has 3 rings (SSSR count). The molecule has 5 nitrogen and oxygen atoms in total. The number of carbonyl (C=O) groups is 1. The van der Waals surface area contributed by atoms with E-state index in [0.717, 1.165) is 34.5 Å². The molecule has 0 saturated heterocycles. The Labute approximate surface area is 196 Å². The third kappa shape index (κ3) is 6.64. The first-order valence-corrected chi connectivity index (χ1v) is 11.6. The highest BCUT2D eigenvalue weighted by Gasteiger charge is 2.14. The van der Waals surface area contributed by atoms with Crippen LogP contribution >= 0.6 is 0 Å². The summed E-state index contributed by atoms with van der Waals surface area (Å²) in [6, 6.07) is 14.1. The van der Waals surface area contributed by atoms with E-state index < -0.39 is 0 Å². The predicted octanol–water partition coefficient (Wildman–Crippen LogP) is 6.98. The first kappa shape index (κ1) is 24.4.